The topological polar surface area (TPSA) is 82.2 Å². The van der Waals surface area contributed by atoms with E-state index in [1.165, 1.54) is 0 Å². The maximum atomic E-state index is 12.9. The van der Waals surface area contributed by atoms with Crippen molar-refractivity contribution < 1.29 is 14.6 Å². The zero-order chi connectivity index (χ0) is 28.5. The minimum absolute atomic E-state index is 0.314. The van der Waals surface area contributed by atoms with Gasteiger partial charge in [-0.15, -0.1) is 0 Å². The first kappa shape index (κ1) is 26.3. The number of carboxylic acids is 1. The van der Waals surface area contributed by atoms with E-state index in [9.17, 15) is 9.90 Å². The first-order valence-electron chi connectivity index (χ1n) is 13.8. The predicted molar refractivity (Wildman–Crippen MR) is 162 cm³/mol. The largest absolute Gasteiger partial charge is 0.493 e. The summed E-state index contributed by atoms with van der Waals surface area (Å²) in [4.78, 5) is 17.1. The zero-order valence-corrected chi connectivity index (χ0v) is 23.5. The van der Waals surface area contributed by atoms with Crippen LogP contribution in [0, 0.1) is 13.8 Å². The van der Waals surface area contributed by atoms with Crippen LogP contribution in [-0.2, 0) is 20.0 Å². The molecule has 0 aliphatic carbocycles. The summed E-state index contributed by atoms with van der Waals surface area (Å²) in [5.41, 5.74) is 7.00. The smallest absolute Gasteiger partial charge is 0.352 e. The summed E-state index contributed by atoms with van der Waals surface area (Å²) in [6, 6.07) is 24.2. The number of carbonyl (C=O) groups is 1. The predicted octanol–water partition coefficient (Wildman–Crippen LogP) is 6.96. The summed E-state index contributed by atoms with van der Waals surface area (Å²) in [6.45, 7) is 4.95. The van der Waals surface area contributed by atoms with Crippen LogP contribution in [0.25, 0.3) is 32.8 Å². The van der Waals surface area contributed by atoms with Gasteiger partial charge in [-0.05, 0) is 61.4 Å². The van der Waals surface area contributed by atoms with Gasteiger partial charge < -0.3 is 14.4 Å². The highest BCUT2D eigenvalue weighted by atomic mass is 16.5. The molecule has 0 spiro atoms. The van der Waals surface area contributed by atoms with Crippen LogP contribution in [-0.4, -0.2) is 37.0 Å². The number of hydrogen-bond donors (Lipinski definition) is 1. The number of fused-ring (bicyclic) bond motifs is 2. The summed E-state index contributed by atoms with van der Waals surface area (Å²) < 4.78 is 10.0. The van der Waals surface area contributed by atoms with Gasteiger partial charge in [0.15, 0.2) is 0 Å². The molecule has 1 N–H and O–H groups in total. The summed E-state index contributed by atoms with van der Waals surface area (Å²) >= 11 is 0. The Labute approximate surface area is 238 Å². The monoisotopic (exact) mass is 544 g/mol. The van der Waals surface area contributed by atoms with Crippen LogP contribution in [0.1, 0.15) is 39.4 Å². The Balaban J connectivity index is 1.42. The van der Waals surface area contributed by atoms with Gasteiger partial charge >= 0.3 is 5.97 Å². The molecule has 0 radical (unpaired) electrons. The van der Waals surface area contributed by atoms with Crippen LogP contribution in [0.3, 0.4) is 0 Å². The number of carboxylic acid groups (broad SMARTS) is 1. The van der Waals surface area contributed by atoms with Gasteiger partial charge in [-0.2, -0.15) is 5.10 Å². The lowest BCUT2D eigenvalue weighted by Crippen LogP contribution is -2.12. The Bertz CT molecular complexity index is 1880. The third-order valence-electron chi connectivity index (χ3n) is 7.84. The van der Waals surface area contributed by atoms with E-state index in [2.05, 4.69) is 34.3 Å². The Kier molecular flexibility index (Phi) is 7.01. The van der Waals surface area contributed by atoms with E-state index < -0.39 is 5.97 Å². The molecule has 3 aromatic carbocycles. The van der Waals surface area contributed by atoms with Crippen LogP contribution in [0.2, 0.25) is 0 Å². The third kappa shape index (κ3) is 4.84. The van der Waals surface area contributed by atoms with Gasteiger partial charge in [-0.25, -0.2) is 4.79 Å². The second-order valence-corrected chi connectivity index (χ2v) is 10.4. The summed E-state index contributed by atoms with van der Waals surface area (Å²) in [5.74, 6) is -0.0997. The van der Waals surface area contributed by atoms with E-state index in [1.807, 2.05) is 78.7 Å². The number of rotatable bonds is 9. The maximum absolute atomic E-state index is 12.9. The van der Waals surface area contributed by atoms with Gasteiger partial charge in [0.1, 0.15) is 11.4 Å². The summed E-state index contributed by atoms with van der Waals surface area (Å²) in [5, 5.41) is 18.4. The highest BCUT2D eigenvalue weighted by Gasteiger charge is 2.26. The molecule has 0 bridgehead atoms. The van der Waals surface area contributed by atoms with E-state index in [0.717, 1.165) is 61.1 Å². The first-order valence-corrected chi connectivity index (χ1v) is 13.8. The highest BCUT2D eigenvalue weighted by molar-refractivity contribution is 6.04. The molecule has 0 saturated carbocycles. The number of aromatic carboxylic acids is 1. The number of aryl methyl sites for hydroxylation is 3. The number of aromatic nitrogens is 4. The fourth-order valence-electron chi connectivity index (χ4n) is 5.92. The van der Waals surface area contributed by atoms with Crippen molar-refractivity contribution in [2.45, 2.75) is 33.2 Å². The summed E-state index contributed by atoms with van der Waals surface area (Å²) in [7, 11) is 1.94. The van der Waals surface area contributed by atoms with Gasteiger partial charge in [0.05, 0.1) is 17.8 Å². The lowest BCUT2D eigenvalue weighted by Gasteiger charge is -2.13. The molecule has 3 heterocycles. The SMILES string of the molecule is Cc1nn(C)c(C)c1-c1cccc2c(CCCOc3cccc4ccccc34)c(C(=O)O)n(Cc3ccncc3)c12. The van der Waals surface area contributed by atoms with E-state index >= 15 is 0 Å². The molecule has 41 heavy (non-hydrogen) atoms. The number of ether oxygens (including phenoxy) is 1. The molecule has 6 aromatic rings. The van der Waals surface area contributed by atoms with Crippen molar-refractivity contribution in [2.24, 2.45) is 7.05 Å². The van der Waals surface area contributed by atoms with Crippen LogP contribution < -0.4 is 4.74 Å². The fourth-order valence-corrected chi connectivity index (χ4v) is 5.92. The highest BCUT2D eigenvalue weighted by Crippen LogP contribution is 2.38. The van der Waals surface area contributed by atoms with Crippen molar-refractivity contribution in [2.75, 3.05) is 6.61 Å². The minimum Gasteiger partial charge on any atom is -0.493 e. The Morgan fingerprint density at radius 1 is 0.927 bits per heavy atom. The molecule has 0 unspecified atom stereocenters. The average molecular weight is 545 g/mol. The molecule has 7 nitrogen and oxygen atoms in total. The van der Waals surface area contributed by atoms with Crippen molar-refractivity contribution >= 4 is 27.6 Å². The van der Waals surface area contributed by atoms with Crippen molar-refractivity contribution in [1.29, 1.82) is 0 Å². The lowest BCUT2D eigenvalue weighted by molar-refractivity contribution is 0.0685. The molecule has 7 heteroatoms. The van der Waals surface area contributed by atoms with E-state index in [-0.39, 0.29) is 0 Å². The van der Waals surface area contributed by atoms with Crippen LogP contribution >= 0.6 is 0 Å². The number of hydrogen-bond acceptors (Lipinski definition) is 4. The molecule has 0 aliphatic rings. The minimum atomic E-state index is -0.939. The van der Waals surface area contributed by atoms with Crippen molar-refractivity contribution in [3.63, 3.8) is 0 Å². The number of para-hydroxylation sites is 1. The molecular weight excluding hydrogens is 512 g/mol. The number of benzene rings is 3. The molecular formula is C34H32N4O3. The lowest BCUT2D eigenvalue weighted by atomic mass is 9.98. The average Bonchev–Trinajstić information content (AvgIpc) is 3.43. The van der Waals surface area contributed by atoms with Gasteiger partial charge in [-0.1, -0.05) is 54.6 Å². The molecule has 0 atom stereocenters. The van der Waals surface area contributed by atoms with Gasteiger partial charge in [0, 0.05) is 53.6 Å². The van der Waals surface area contributed by atoms with E-state index in [0.29, 0.717) is 31.7 Å². The molecule has 0 aliphatic heterocycles. The van der Waals surface area contributed by atoms with Crippen LogP contribution in [0.5, 0.6) is 5.75 Å². The normalized spacial score (nSPS) is 11.4. The van der Waals surface area contributed by atoms with Crippen molar-refractivity contribution in [3.8, 4) is 16.9 Å². The molecule has 0 amide bonds. The fraction of sp³-hybridized carbons (Fsp3) is 0.206. The van der Waals surface area contributed by atoms with Gasteiger partial charge in [0.2, 0.25) is 0 Å². The molecule has 6 rings (SSSR count). The standard InChI is InChI=1S/C34H32N4O3/c1-22-31(23(2)37(3)36-22)29-13-7-12-27-28(14-8-20-41-30-15-6-10-25-9-4-5-11-26(25)30)33(34(39)40)38(32(27)29)21-24-16-18-35-19-17-24/h4-7,9-13,15-19H,8,14,20-21H2,1-3H3,(H,39,40). The zero-order valence-electron chi connectivity index (χ0n) is 23.5. The second-order valence-electron chi connectivity index (χ2n) is 10.4. The first-order chi connectivity index (χ1) is 19.9. The Hall–Kier alpha value is -4.91. The van der Waals surface area contributed by atoms with E-state index in [1.54, 1.807) is 12.4 Å². The van der Waals surface area contributed by atoms with Crippen LogP contribution in [0.15, 0.2) is 85.2 Å². The van der Waals surface area contributed by atoms with Crippen molar-refractivity contribution in [3.05, 3.63) is 113 Å². The molecule has 206 valence electrons. The number of pyridine rings is 1. The Morgan fingerprint density at radius 3 is 2.41 bits per heavy atom. The number of nitrogens with zero attached hydrogens (tertiary/aromatic N) is 4. The second kappa shape index (κ2) is 10.9. The quantitative estimate of drug-likeness (QED) is 0.199. The van der Waals surface area contributed by atoms with Crippen LogP contribution in [0.4, 0.5) is 0 Å². The summed E-state index contributed by atoms with van der Waals surface area (Å²) in [6.07, 6.45) is 4.72. The third-order valence-corrected chi connectivity index (χ3v) is 7.84. The molecule has 0 saturated heterocycles. The molecule has 3 aromatic heterocycles. The van der Waals surface area contributed by atoms with E-state index in [4.69, 9.17) is 4.74 Å². The van der Waals surface area contributed by atoms with Crippen molar-refractivity contribution in [1.82, 2.24) is 19.3 Å². The van der Waals surface area contributed by atoms with Gasteiger partial charge in [0.25, 0.3) is 0 Å². The maximum Gasteiger partial charge on any atom is 0.352 e. The van der Waals surface area contributed by atoms with Gasteiger partial charge in [-0.3, -0.25) is 9.67 Å². The molecule has 0 fully saturated rings. The Morgan fingerprint density at radius 2 is 1.66 bits per heavy atom.